The van der Waals surface area contributed by atoms with Gasteiger partial charge in [0.15, 0.2) is 0 Å². The van der Waals surface area contributed by atoms with Crippen molar-refractivity contribution in [2.75, 3.05) is 12.4 Å². The number of hydrogen-bond donors (Lipinski definition) is 1. The van der Waals surface area contributed by atoms with Gasteiger partial charge in [-0.25, -0.2) is 4.79 Å². The molecule has 0 aliphatic heterocycles. The molecule has 4 rings (SSSR count). The molecule has 0 atom stereocenters. The van der Waals surface area contributed by atoms with Crippen molar-refractivity contribution in [2.24, 2.45) is 0 Å². The van der Waals surface area contributed by atoms with Gasteiger partial charge in [-0.3, -0.25) is 9.59 Å². The first-order valence-electron chi connectivity index (χ1n) is 10.6. The van der Waals surface area contributed by atoms with Crippen LogP contribution < -0.4 is 10.9 Å². The maximum absolute atomic E-state index is 13.3. The van der Waals surface area contributed by atoms with Gasteiger partial charge in [0, 0.05) is 21.4 Å². The molecule has 0 bridgehead atoms. The number of methoxy groups -OCH3 is 1. The van der Waals surface area contributed by atoms with E-state index in [0.717, 1.165) is 10.0 Å². The predicted octanol–water partition coefficient (Wildman–Crippen LogP) is 4.37. The van der Waals surface area contributed by atoms with Gasteiger partial charge >= 0.3 is 5.97 Å². The largest absolute Gasteiger partial charge is 0.465 e. The summed E-state index contributed by atoms with van der Waals surface area (Å²) in [5.41, 5.74) is 2.69. The molecule has 0 unspecified atom stereocenters. The van der Waals surface area contributed by atoms with Crippen LogP contribution in [0.5, 0.6) is 0 Å². The number of anilines is 1. The zero-order valence-electron chi connectivity index (χ0n) is 19.2. The molecule has 0 saturated carbocycles. The van der Waals surface area contributed by atoms with Crippen LogP contribution in [0.25, 0.3) is 22.8 Å². The van der Waals surface area contributed by atoms with E-state index in [2.05, 4.69) is 36.1 Å². The summed E-state index contributed by atoms with van der Waals surface area (Å²) < 4.78 is 12.3. The van der Waals surface area contributed by atoms with Crippen LogP contribution in [0.2, 0.25) is 0 Å². The van der Waals surface area contributed by atoms with Crippen LogP contribution in [0.1, 0.15) is 21.6 Å². The zero-order chi connectivity index (χ0) is 25.1. The highest BCUT2D eigenvalue weighted by molar-refractivity contribution is 9.10. The number of aryl methyl sites for hydroxylation is 2. The van der Waals surface area contributed by atoms with Crippen molar-refractivity contribution in [1.29, 1.82) is 0 Å². The molecule has 1 amide bonds. The first-order valence-corrected chi connectivity index (χ1v) is 11.4. The van der Waals surface area contributed by atoms with Crippen molar-refractivity contribution in [3.63, 3.8) is 0 Å². The molecule has 35 heavy (non-hydrogen) atoms. The van der Waals surface area contributed by atoms with Crippen molar-refractivity contribution in [3.05, 3.63) is 86.2 Å². The Morgan fingerprint density at radius 2 is 1.77 bits per heavy atom. The maximum atomic E-state index is 13.3. The molecule has 0 aliphatic rings. The first kappa shape index (κ1) is 24.1. The second-order valence-corrected chi connectivity index (χ2v) is 8.70. The van der Waals surface area contributed by atoms with Gasteiger partial charge in [-0.15, -0.1) is 0 Å². The average Bonchev–Trinajstić information content (AvgIpc) is 3.31. The van der Waals surface area contributed by atoms with Crippen LogP contribution >= 0.6 is 15.9 Å². The lowest BCUT2D eigenvalue weighted by Gasteiger charge is -2.13. The van der Waals surface area contributed by atoms with Crippen LogP contribution in [0, 0.1) is 13.8 Å². The average molecular weight is 537 g/mol. The molecule has 0 radical (unpaired) electrons. The van der Waals surface area contributed by atoms with E-state index in [1.54, 1.807) is 44.2 Å². The summed E-state index contributed by atoms with van der Waals surface area (Å²) in [4.78, 5) is 42.0. The molecule has 1 N–H and O–H groups in total. The van der Waals surface area contributed by atoms with Gasteiger partial charge in [0.1, 0.15) is 12.1 Å². The highest BCUT2D eigenvalue weighted by Crippen LogP contribution is 2.24. The normalized spacial score (nSPS) is 10.7. The number of esters is 1. The Labute approximate surface area is 208 Å². The third-order valence-corrected chi connectivity index (χ3v) is 5.87. The van der Waals surface area contributed by atoms with Crippen LogP contribution in [-0.2, 0) is 16.1 Å². The third-order valence-electron chi connectivity index (χ3n) is 5.34. The number of rotatable bonds is 6. The molecular formula is C25H21BrN4O5. The lowest BCUT2D eigenvalue weighted by molar-refractivity contribution is -0.116. The van der Waals surface area contributed by atoms with E-state index < -0.39 is 17.4 Å². The molecule has 0 fully saturated rings. The van der Waals surface area contributed by atoms with E-state index in [1.165, 1.54) is 11.7 Å². The second kappa shape index (κ2) is 10.1. The van der Waals surface area contributed by atoms with E-state index in [0.29, 0.717) is 28.3 Å². The van der Waals surface area contributed by atoms with E-state index in [-0.39, 0.29) is 18.0 Å². The smallest absolute Gasteiger partial charge is 0.337 e. The molecule has 4 aromatic rings. The Hall–Kier alpha value is -4.05. The monoisotopic (exact) mass is 536 g/mol. The molecule has 0 saturated heterocycles. The molecule has 178 valence electrons. The molecular weight excluding hydrogens is 516 g/mol. The molecule has 2 aromatic heterocycles. The van der Waals surface area contributed by atoms with Crippen molar-refractivity contribution in [3.8, 4) is 22.8 Å². The first-order chi connectivity index (χ1) is 16.8. The molecule has 2 aromatic carbocycles. The third kappa shape index (κ3) is 5.22. The Bertz CT molecular complexity index is 1460. The Kier molecular flexibility index (Phi) is 6.92. The molecule has 10 heteroatoms. The molecule has 0 spiro atoms. The van der Waals surface area contributed by atoms with Gasteiger partial charge < -0.3 is 19.1 Å². The lowest BCUT2D eigenvalue weighted by Crippen LogP contribution is -2.30. The number of nitrogens with zero attached hydrogens (tertiary/aromatic N) is 3. The Morgan fingerprint density at radius 1 is 1.09 bits per heavy atom. The van der Waals surface area contributed by atoms with Crippen LogP contribution in [0.4, 0.5) is 5.69 Å². The molecule has 0 aliphatic carbocycles. The minimum atomic E-state index is -0.471. The topological polar surface area (TPSA) is 116 Å². The highest BCUT2D eigenvalue weighted by atomic mass is 79.9. The number of aromatic nitrogens is 3. The summed E-state index contributed by atoms with van der Waals surface area (Å²) in [5, 5.41) is 6.73. The fraction of sp³-hybridized carbons (Fsp3) is 0.160. The SMILES string of the molecule is COC(=O)c1ccc(NC(=O)Cn2c(C)cc(C)c(-c3nc(-c4ccc(Br)cc4)no3)c2=O)cc1. The predicted molar refractivity (Wildman–Crippen MR) is 133 cm³/mol. The van der Waals surface area contributed by atoms with Gasteiger partial charge in [0.25, 0.3) is 11.4 Å². The van der Waals surface area contributed by atoms with E-state index in [1.807, 2.05) is 24.3 Å². The van der Waals surface area contributed by atoms with Crippen LogP contribution in [-0.4, -0.2) is 33.7 Å². The quantitative estimate of drug-likeness (QED) is 0.363. The number of amides is 1. The summed E-state index contributed by atoms with van der Waals surface area (Å²) in [6.07, 6.45) is 0. The number of ether oxygens (including phenoxy) is 1. The summed E-state index contributed by atoms with van der Waals surface area (Å²) in [7, 11) is 1.30. The van der Waals surface area contributed by atoms with Crippen molar-refractivity contribution in [1.82, 2.24) is 14.7 Å². The van der Waals surface area contributed by atoms with Crippen LogP contribution in [0.3, 0.4) is 0 Å². The number of halogens is 1. The van der Waals surface area contributed by atoms with E-state index in [4.69, 9.17) is 4.52 Å². The standard InChI is InChI=1S/C25H21BrN4O5/c1-14-12-15(2)30(13-20(31)27-19-10-6-17(7-11-19)25(33)34-3)24(32)21(14)23-28-22(29-35-23)16-4-8-18(26)9-5-16/h4-12H,13H2,1-3H3,(H,27,31). The van der Waals surface area contributed by atoms with Crippen molar-refractivity contribution < 1.29 is 18.8 Å². The van der Waals surface area contributed by atoms with Gasteiger partial charge in [0.2, 0.25) is 11.7 Å². The van der Waals surface area contributed by atoms with E-state index in [9.17, 15) is 14.4 Å². The Morgan fingerprint density at radius 3 is 2.43 bits per heavy atom. The fourth-order valence-electron chi connectivity index (χ4n) is 3.58. The minimum absolute atomic E-state index is 0.0815. The number of hydrogen-bond acceptors (Lipinski definition) is 7. The number of nitrogens with one attached hydrogen (secondary N) is 1. The van der Waals surface area contributed by atoms with Crippen molar-refractivity contribution in [2.45, 2.75) is 20.4 Å². The van der Waals surface area contributed by atoms with Gasteiger partial charge in [-0.2, -0.15) is 4.98 Å². The van der Waals surface area contributed by atoms with Gasteiger partial charge in [0.05, 0.1) is 12.7 Å². The Balaban J connectivity index is 1.58. The second-order valence-electron chi connectivity index (χ2n) is 7.78. The summed E-state index contributed by atoms with van der Waals surface area (Å²) in [6, 6.07) is 15.4. The zero-order valence-corrected chi connectivity index (χ0v) is 20.8. The fourth-order valence-corrected chi connectivity index (χ4v) is 3.84. The molecule has 9 nitrogen and oxygen atoms in total. The number of carbonyl (C=O) groups is 2. The lowest BCUT2D eigenvalue weighted by atomic mass is 10.1. The van der Waals surface area contributed by atoms with Gasteiger partial charge in [-0.1, -0.05) is 21.1 Å². The van der Waals surface area contributed by atoms with Gasteiger partial charge in [-0.05, 0) is 74.0 Å². The summed E-state index contributed by atoms with van der Waals surface area (Å²) >= 11 is 3.39. The summed E-state index contributed by atoms with van der Waals surface area (Å²) in [6.45, 7) is 3.31. The van der Waals surface area contributed by atoms with Crippen LogP contribution in [0.15, 0.2) is 68.4 Å². The number of carbonyl (C=O) groups excluding carboxylic acids is 2. The number of benzene rings is 2. The highest BCUT2D eigenvalue weighted by Gasteiger charge is 2.20. The summed E-state index contributed by atoms with van der Waals surface area (Å²) in [5.74, 6) is -0.442. The maximum Gasteiger partial charge on any atom is 0.337 e. The van der Waals surface area contributed by atoms with E-state index >= 15 is 0 Å². The van der Waals surface area contributed by atoms with Crippen molar-refractivity contribution >= 4 is 33.5 Å². The number of pyridine rings is 1. The minimum Gasteiger partial charge on any atom is -0.465 e. The molecule has 2 heterocycles.